The Bertz CT molecular complexity index is 305. The van der Waals surface area contributed by atoms with Gasteiger partial charge >= 0.3 is 12.1 Å². The van der Waals surface area contributed by atoms with Crippen LogP contribution in [-0.4, -0.2) is 56.5 Å². The van der Waals surface area contributed by atoms with E-state index < -0.39 is 12.1 Å². The third-order valence-corrected chi connectivity index (χ3v) is 2.83. The van der Waals surface area contributed by atoms with Crippen LogP contribution in [0, 0.1) is 5.92 Å². The monoisotopic (exact) mass is 273 g/mol. The van der Waals surface area contributed by atoms with Crippen molar-refractivity contribution in [3.8, 4) is 0 Å². The summed E-state index contributed by atoms with van der Waals surface area (Å²) in [6, 6.07) is -0.506. The molecule has 6 nitrogen and oxygen atoms in total. The van der Waals surface area contributed by atoms with Crippen molar-refractivity contribution in [1.29, 1.82) is 0 Å². The number of esters is 1. The second-order valence-corrected chi connectivity index (χ2v) is 4.98. The summed E-state index contributed by atoms with van der Waals surface area (Å²) < 4.78 is 15.0. The van der Waals surface area contributed by atoms with Crippen LogP contribution in [0.2, 0.25) is 0 Å². The second kappa shape index (κ2) is 7.99. The molecule has 1 unspecified atom stereocenters. The fourth-order valence-corrected chi connectivity index (χ4v) is 1.87. The molecule has 1 aliphatic rings. The normalized spacial score (nSPS) is 18.7. The Morgan fingerprint density at radius 2 is 2.00 bits per heavy atom. The largest absolute Gasteiger partial charge is 0.464 e. The summed E-state index contributed by atoms with van der Waals surface area (Å²) in [6.45, 7) is 5.40. The van der Waals surface area contributed by atoms with Gasteiger partial charge in [-0.05, 0) is 18.8 Å². The molecule has 0 radical (unpaired) electrons. The minimum atomic E-state index is -0.506. The summed E-state index contributed by atoms with van der Waals surface area (Å²) >= 11 is 0. The van der Waals surface area contributed by atoms with E-state index >= 15 is 0 Å². The predicted octanol–water partition coefficient (Wildman–Crippen LogP) is 1.43. The van der Waals surface area contributed by atoms with Gasteiger partial charge in [0, 0.05) is 13.7 Å². The Hall–Kier alpha value is -1.30. The SMILES string of the molecule is COCCOC(=O)N1CCCC1C(=O)OCC(C)C. The number of hydrogen-bond acceptors (Lipinski definition) is 5. The quantitative estimate of drug-likeness (QED) is 0.541. The lowest BCUT2D eigenvalue weighted by Crippen LogP contribution is -2.42. The van der Waals surface area contributed by atoms with Gasteiger partial charge in [-0.2, -0.15) is 0 Å². The number of methoxy groups -OCH3 is 1. The molecule has 110 valence electrons. The summed E-state index contributed by atoms with van der Waals surface area (Å²) in [7, 11) is 1.54. The number of carbonyl (C=O) groups excluding carboxylic acids is 2. The standard InChI is InChI=1S/C13H23NO5/c1-10(2)9-19-12(15)11-5-4-6-14(11)13(16)18-8-7-17-3/h10-11H,4-9H2,1-3H3. The van der Waals surface area contributed by atoms with Crippen LogP contribution in [0.4, 0.5) is 4.79 Å². The van der Waals surface area contributed by atoms with Gasteiger partial charge in [0.05, 0.1) is 13.2 Å². The summed E-state index contributed by atoms with van der Waals surface area (Å²) in [6.07, 6.45) is 0.956. The third-order valence-electron chi connectivity index (χ3n) is 2.83. The number of rotatable bonds is 6. The summed E-state index contributed by atoms with van der Waals surface area (Å²) in [5.41, 5.74) is 0. The molecule has 1 saturated heterocycles. The zero-order chi connectivity index (χ0) is 14.3. The first-order valence-corrected chi connectivity index (χ1v) is 6.65. The molecule has 1 heterocycles. The van der Waals surface area contributed by atoms with Gasteiger partial charge in [-0.1, -0.05) is 13.8 Å². The van der Waals surface area contributed by atoms with Crippen LogP contribution in [-0.2, 0) is 19.0 Å². The molecule has 0 spiro atoms. The Balaban J connectivity index is 2.44. The van der Waals surface area contributed by atoms with Gasteiger partial charge < -0.3 is 14.2 Å². The number of amides is 1. The van der Waals surface area contributed by atoms with Crippen LogP contribution in [0.3, 0.4) is 0 Å². The second-order valence-electron chi connectivity index (χ2n) is 4.98. The molecule has 1 aliphatic heterocycles. The highest BCUT2D eigenvalue weighted by molar-refractivity contribution is 5.82. The molecule has 6 heteroatoms. The molecular formula is C13H23NO5. The van der Waals surface area contributed by atoms with Crippen LogP contribution < -0.4 is 0 Å². The molecule has 1 amide bonds. The molecule has 0 saturated carbocycles. The van der Waals surface area contributed by atoms with E-state index in [-0.39, 0.29) is 18.5 Å². The van der Waals surface area contributed by atoms with E-state index in [1.165, 1.54) is 12.0 Å². The van der Waals surface area contributed by atoms with Gasteiger partial charge in [-0.3, -0.25) is 4.90 Å². The smallest absolute Gasteiger partial charge is 0.410 e. The van der Waals surface area contributed by atoms with Crippen LogP contribution in [0.5, 0.6) is 0 Å². The maximum atomic E-state index is 11.9. The molecule has 0 N–H and O–H groups in total. The molecule has 0 aromatic heterocycles. The van der Waals surface area contributed by atoms with Crippen molar-refractivity contribution in [2.24, 2.45) is 5.92 Å². The molecule has 0 bridgehead atoms. The Morgan fingerprint density at radius 1 is 1.26 bits per heavy atom. The first-order chi connectivity index (χ1) is 9.06. The first kappa shape index (κ1) is 15.8. The van der Waals surface area contributed by atoms with Crippen LogP contribution in [0.25, 0.3) is 0 Å². The van der Waals surface area contributed by atoms with Crippen LogP contribution in [0.15, 0.2) is 0 Å². The third kappa shape index (κ3) is 5.06. The zero-order valence-electron chi connectivity index (χ0n) is 11.9. The summed E-state index contributed by atoms with van der Waals surface area (Å²) in [5, 5.41) is 0. The molecule has 0 aromatic carbocycles. The van der Waals surface area contributed by atoms with Gasteiger partial charge in [0.15, 0.2) is 0 Å². The minimum absolute atomic E-state index is 0.194. The van der Waals surface area contributed by atoms with E-state index in [0.717, 1.165) is 6.42 Å². The number of ether oxygens (including phenoxy) is 3. The first-order valence-electron chi connectivity index (χ1n) is 6.65. The lowest BCUT2D eigenvalue weighted by atomic mass is 10.2. The van der Waals surface area contributed by atoms with E-state index in [0.29, 0.717) is 26.2 Å². The lowest BCUT2D eigenvalue weighted by molar-refractivity contribution is -0.149. The highest BCUT2D eigenvalue weighted by Crippen LogP contribution is 2.19. The average Bonchev–Trinajstić information content (AvgIpc) is 2.85. The highest BCUT2D eigenvalue weighted by Gasteiger charge is 2.36. The molecule has 19 heavy (non-hydrogen) atoms. The van der Waals surface area contributed by atoms with E-state index in [1.54, 1.807) is 0 Å². The fourth-order valence-electron chi connectivity index (χ4n) is 1.87. The molecule has 1 atom stereocenters. The summed E-state index contributed by atoms with van der Waals surface area (Å²) in [5.74, 6) is -0.0534. The fraction of sp³-hybridized carbons (Fsp3) is 0.846. The van der Waals surface area contributed by atoms with Gasteiger partial charge in [0.1, 0.15) is 12.6 Å². The van der Waals surface area contributed by atoms with Crippen molar-refractivity contribution in [2.75, 3.05) is 33.5 Å². The van der Waals surface area contributed by atoms with Gasteiger partial charge in [0.25, 0.3) is 0 Å². The van der Waals surface area contributed by atoms with Crippen molar-refractivity contribution < 1.29 is 23.8 Å². The van der Waals surface area contributed by atoms with E-state index in [2.05, 4.69) is 0 Å². The van der Waals surface area contributed by atoms with Crippen molar-refractivity contribution in [3.63, 3.8) is 0 Å². The number of likely N-dealkylation sites (tertiary alicyclic amines) is 1. The number of carbonyl (C=O) groups is 2. The van der Waals surface area contributed by atoms with Crippen molar-refractivity contribution >= 4 is 12.1 Å². The van der Waals surface area contributed by atoms with Crippen molar-refractivity contribution in [3.05, 3.63) is 0 Å². The highest BCUT2D eigenvalue weighted by atomic mass is 16.6. The number of nitrogens with zero attached hydrogens (tertiary/aromatic N) is 1. The van der Waals surface area contributed by atoms with Gasteiger partial charge in [-0.25, -0.2) is 9.59 Å². The predicted molar refractivity (Wildman–Crippen MR) is 68.7 cm³/mol. The number of hydrogen-bond donors (Lipinski definition) is 0. The molecule has 1 rings (SSSR count). The topological polar surface area (TPSA) is 65.1 Å². The molecular weight excluding hydrogens is 250 g/mol. The van der Waals surface area contributed by atoms with Crippen molar-refractivity contribution in [1.82, 2.24) is 4.90 Å². The Kier molecular flexibility index (Phi) is 6.62. The Morgan fingerprint density at radius 3 is 2.63 bits per heavy atom. The zero-order valence-corrected chi connectivity index (χ0v) is 11.9. The molecule has 1 fully saturated rings. The molecule has 0 aliphatic carbocycles. The van der Waals surface area contributed by atoms with Gasteiger partial charge in [0.2, 0.25) is 0 Å². The summed E-state index contributed by atoms with van der Waals surface area (Å²) in [4.78, 5) is 25.2. The average molecular weight is 273 g/mol. The van der Waals surface area contributed by atoms with Gasteiger partial charge in [-0.15, -0.1) is 0 Å². The molecule has 0 aromatic rings. The van der Waals surface area contributed by atoms with Crippen LogP contribution >= 0.6 is 0 Å². The van der Waals surface area contributed by atoms with E-state index in [9.17, 15) is 9.59 Å². The maximum absolute atomic E-state index is 11.9. The Labute approximate surface area is 114 Å². The van der Waals surface area contributed by atoms with E-state index in [4.69, 9.17) is 14.2 Å². The van der Waals surface area contributed by atoms with Crippen LogP contribution in [0.1, 0.15) is 26.7 Å². The van der Waals surface area contributed by atoms with E-state index in [1.807, 2.05) is 13.8 Å². The minimum Gasteiger partial charge on any atom is -0.464 e. The maximum Gasteiger partial charge on any atom is 0.410 e. The van der Waals surface area contributed by atoms with Crippen molar-refractivity contribution in [2.45, 2.75) is 32.7 Å². The lowest BCUT2D eigenvalue weighted by Gasteiger charge is -2.22.